The van der Waals surface area contributed by atoms with Gasteiger partial charge in [0.1, 0.15) is 0 Å². The molecule has 0 spiro atoms. The van der Waals surface area contributed by atoms with Crippen molar-refractivity contribution in [1.82, 2.24) is 19.7 Å². The van der Waals surface area contributed by atoms with Crippen molar-refractivity contribution in [3.8, 4) is 0 Å². The van der Waals surface area contributed by atoms with E-state index in [4.69, 9.17) is 5.73 Å². The Labute approximate surface area is 124 Å². The summed E-state index contributed by atoms with van der Waals surface area (Å²) < 4.78 is 1.97. The molecule has 0 fully saturated rings. The lowest BCUT2D eigenvalue weighted by Crippen LogP contribution is -2.30. The van der Waals surface area contributed by atoms with E-state index in [9.17, 15) is 0 Å². The average molecular weight is 293 g/mol. The van der Waals surface area contributed by atoms with E-state index in [0.717, 1.165) is 22.8 Å². The largest absolute Gasteiger partial charge is 0.329 e. The van der Waals surface area contributed by atoms with Crippen LogP contribution in [0.3, 0.4) is 0 Å². The number of aryl methyl sites for hydroxylation is 1. The molecule has 0 aliphatic rings. The number of nitrogens with two attached hydrogens (primary N) is 1. The highest BCUT2D eigenvalue weighted by Gasteiger charge is 2.18. The van der Waals surface area contributed by atoms with Crippen molar-refractivity contribution in [3.05, 3.63) is 34.0 Å². The molecule has 1 unspecified atom stereocenters. The molecule has 2 aromatic rings. The molecule has 6 heteroatoms. The van der Waals surface area contributed by atoms with Gasteiger partial charge in [-0.3, -0.25) is 9.58 Å². The summed E-state index contributed by atoms with van der Waals surface area (Å²) in [6.45, 7) is 7.65. The van der Waals surface area contributed by atoms with E-state index in [1.54, 1.807) is 11.3 Å². The Morgan fingerprint density at radius 2 is 2.20 bits per heavy atom. The molecular formula is C14H23N5S. The molecule has 20 heavy (non-hydrogen) atoms. The van der Waals surface area contributed by atoms with Gasteiger partial charge in [0.25, 0.3) is 0 Å². The molecule has 0 aromatic carbocycles. The molecule has 0 radical (unpaired) electrons. The number of aromatic nitrogens is 3. The Kier molecular flexibility index (Phi) is 4.91. The van der Waals surface area contributed by atoms with Gasteiger partial charge in [0, 0.05) is 36.3 Å². The second kappa shape index (κ2) is 6.47. The summed E-state index contributed by atoms with van der Waals surface area (Å²) in [5, 5.41) is 7.61. The van der Waals surface area contributed by atoms with Gasteiger partial charge in [-0.15, -0.1) is 11.3 Å². The van der Waals surface area contributed by atoms with Gasteiger partial charge in [-0.1, -0.05) is 0 Å². The van der Waals surface area contributed by atoms with Crippen LogP contribution in [0.25, 0.3) is 0 Å². The smallest absolute Gasteiger partial charge is 0.0897 e. The van der Waals surface area contributed by atoms with Gasteiger partial charge in [0.15, 0.2) is 0 Å². The number of thiazole rings is 1. The zero-order valence-corrected chi connectivity index (χ0v) is 13.4. The molecule has 2 heterocycles. The molecule has 2 N–H and O–H groups in total. The van der Waals surface area contributed by atoms with E-state index >= 15 is 0 Å². The number of hydrogen-bond acceptors (Lipinski definition) is 5. The van der Waals surface area contributed by atoms with Crippen LogP contribution in [0.2, 0.25) is 0 Å². The predicted molar refractivity (Wildman–Crippen MR) is 82.7 cm³/mol. The van der Waals surface area contributed by atoms with Crippen LogP contribution in [0.5, 0.6) is 0 Å². The molecule has 0 saturated carbocycles. The van der Waals surface area contributed by atoms with Crippen LogP contribution in [-0.4, -0.2) is 33.3 Å². The van der Waals surface area contributed by atoms with E-state index < -0.39 is 0 Å². The maximum Gasteiger partial charge on any atom is 0.0897 e. The first-order chi connectivity index (χ1) is 9.51. The van der Waals surface area contributed by atoms with Crippen LogP contribution in [0, 0.1) is 6.92 Å². The van der Waals surface area contributed by atoms with Crippen LogP contribution in [0.1, 0.15) is 42.2 Å². The minimum Gasteiger partial charge on any atom is -0.329 e. The molecule has 0 amide bonds. The van der Waals surface area contributed by atoms with Gasteiger partial charge in [0.2, 0.25) is 0 Å². The van der Waals surface area contributed by atoms with Gasteiger partial charge in [-0.2, -0.15) is 5.10 Å². The molecule has 1 atom stereocenters. The molecular weight excluding hydrogens is 270 g/mol. The Morgan fingerprint density at radius 1 is 1.45 bits per heavy atom. The summed E-state index contributed by atoms with van der Waals surface area (Å²) >= 11 is 1.68. The molecule has 0 saturated heterocycles. The molecule has 0 bridgehead atoms. The van der Waals surface area contributed by atoms with Crippen LogP contribution < -0.4 is 5.73 Å². The van der Waals surface area contributed by atoms with E-state index in [0.29, 0.717) is 12.6 Å². The maximum atomic E-state index is 5.95. The van der Waals surface area contributed by atoms with Crippen molar-refractivity contribution in [2.24, 2.45) is 5.73 Å². The third-order valence-corrected chi connectivity index (χ3v) is 4.19. The van der Waals surface area contributed by atoms with Crippen molar-refractivity contribution in [3.63, 3.8) is 0 Å². The normalized spacial score (nSPS) is 13.3. The van der Waals surface area contributed by atoms with Crippen LogP contribution >= 0.6 is 11.3 Å². The van der Waals surface area contributed by atoms with Crippen LogP contribution in [-0.2, 0) is 6.54 Å². The SMILES string of the molecule is Cc1nc(CN(C)C(CN)c2cnn(C(C)C)c2)cs1. The third kappa shape index (κ3) is 3.45. The number of hydrogen-bond donors (Lipinski definition) is 1. The monoisotopic (exact) mass is 293 g/mol. The zero-order chi connectivity index (χ0) is 14.7. The highest BCUT2D eigenvalue weighted by molar-refractivity contribution is 7.09. The summed E-state index contributed by atoms with van der Waals surface area (Å²) in [6, 6.07) is 0.540. The summed E-state index contributed by atoms with van der Waals surface area (Å²) in [5.41, 5.74) is 8.22. The first-order valence-corrected chi connectivity index (χ1v) is 7.74. The lowest BCUT2D eigenvalue weighted by molar-refractivity contribution is 0.239. The van der Waals surface area contributed by atoms with E-state index in [-0.39, 0.29) is 6.04 Å². The first-order valence-electron chi connectivity index (χ1n) is 6.86. The van der Waals surface area contributed by atoms with Crippen molar-refractivity contribution < 1.29 is 0 Å². The Bertz CT molecular complexity index is 545. The van der Waals surface area contributed by atoms with Gasteiger partial charge in [-0.25, -0.2) is 4.98 Å². The quantitative estimate of drug-likeness (QED) is 0.888. The van der Waals surface area contributed by atoms with Gasteiger partial charge < -0.3 is 5.73 Å². The van der Waals surface area contributed by atoms with E-state index in [1.807, 2.05) is 17.8 Å². The second-order valence-corrected chi connectivity index (χ2v) is 6.43. The second-order valence-electron chi connectivity index (χ2n) is 5.37. The van der Waals surface area contributed by atoms with E-state index in [1.165, 1.54) is 0 Å². The van der Waals surface area contributed by atoms with Crippen molar-refractivity contribution in [2.45, 2.75) is 39.4 Å². The molecule has 2 aromatic heterocycles. The zero-order valence-electron chi connectivity index (χ0n) is 12.6. The average Bonchev–Trinajstić information content (AvgIpc) is 3.00. The van der Waals surface area contributed by atoms with Gasteiger partial charge >= 0.3 is 0 Å². The van der Waals surface area contributed by atoms with Gasteiger partial charge in [0.05, 0.1) is 22.9 Å². The molecule has 0 aliphatic heterocycles. The van der Waals surface area contributed by atoms with Crippen molar-refractivity contribution >= 4 is 11.3 Å². The van der Waals surface area contributed by atoms with Gasteiger partial charge in [-0.05, 0) is 27.8 Å². The molecule has 5 nitrogen and oxygen atoms in total. The molecule has 0 aliphatic carbocycles. The first kappa shape index (κ1) is 15.2. The number of nitrogens with zero attached hydrogens (tertiary/aromatic N) is 4. The summed E-state index contributed by atoms with van der Waals surface area (Å²) in [5.74, 6) is 0. The van der Waals surface area contributed by atoms with Crippen molar-refractivity contribution in [2.75, 3.05) is 13.6 Å². The Hall–Kier alpha value is -1.24. The fraction of sp³-hybridized carbons (Fsp3) is 0.571. The third-order valence-electron chi connectivity index (χ3n) is 3.37. The fourth-order valence-corrected chi connectivity index (χ4v) is 2.83. The van der Waals surface area contributed by atoms with E-state index in [2.05, 4.69) is 47.5 Å². The topological polar surface area (TPSA) is 60.0 Å². The van der Waals surface area contributed by atoms with Crippen LogP contribution in [0.15, 0.2) is 17.8 Å². The summed E-state index contributed by atoms with van der Waals surface area (Å²) in [4.78, 5) is 6.74. The standard InChI is InChI=1S/C14H23N5S/c1-10(2)19-7-12(6-16-19)14(5-15)18(4)8-13-9-20-11(3)17-13/h6-7,9-10,14H,5,8,15H2,1-4H3. The molecule has 110 valence electrons. The Morgan fingerprint density at radius 3 is 2.70 bits per heavy atom. The summed E-state index contributed by atoms with van der Waals surface area (Å²) in [6.07, 6.45) is 4.01. The lowest BCUT2D eigenvalue weighted by atomic mass is 10.1. The number of rotatable bonds is 6. The van der Waals surface area contributed by atoms with Crippen molar-refractivity contribution in [1.29, 1.82) is 0 Å². The predicted octanol–water partition coefficient (Wildman–Crippen LogP) is 2.36. The minimum absolute atomic E-state index is 0.171. The highest BCUT2D eigenvalue weighted by Crippen LogP contribution is 2.21. The Balaban J connectivity index is 2.09. The van der Waals surface area contributed by atoms with Crippen LogP contribution in [0.4, 0.5) is 0 Å². The minimum atomic E-state index is 0.171. The highest BCUT2D eigenvalue weighted by atomic mass is 32.1. The number of likely N-dealkylation sites (N-methyl/N-ethyl adjacent to an activating group) is 1. The fourth-order valence-electron chi connectivity index (χ4n) is 2.22. The summed E-state index contributed by atoms with van der Waals surface area (Å²) in [7, 11) is 2.08. The lowest BCUT2D eigenvalue weighted by Gasteiger charge is -2.25. The molecule has 2 rings (SSSR count). The maximum absolute atomic E-state index is 5.95.